The van der Waals surface area contributed by atoms with Crippen LogP contribution in [0.3, 0.4) is 0 Å². The Kier molecular flexibility index (Phi) is 5.84. The second-order valence-corrected chi connectivity index (χ2v) is 7.47. The molecule has 1 aromatic heterocycles. The van der Waals surface area contributed by atoms with E-state index in [-0.39, 0.29) is 5.56 Å². The molecule has 29 heavy (non-hydrogen) atoms. The standard InChI is InChI=1S/C24H25N3O2/c28-23(29)21-17-25-24(26-22(21)19-11-5-2-6-12-19)27-16-8-7-13-20(27)15-14-18-9-3-1-4-10-18/h1-6,9-12,17,20H,7-8,13-16H2,(H,28,29)/t20-/m0/s1. The van der Waals surface area contributed by atoms with Gasteiger partial charge in [-0.15, -0.1) is 0 Å². The Balaban J connectivity index is 1.62. The highest BCUT2D eigenvalue weighted by Gasteiger charge is 2.26. The van der Waals surface area contributed by atoms with E-state index < -0.39 is 5.97 Å². The fourth-order valence-corrected chi connectivity index (χ4v) is 4.03. The van der Waals surface area contributed by atoms with Gasteiger partial charge in [0.25, 0.3) is 0 Å². The van der Waals surface area contributed by atoms with Crippen LogP contribution in [0.1, 0.15) is 41.6 Å². The molecule has 0 bridgehead atoms. The Bertz CT molecular complexity index is 960. The zero-order valence-corrected chi connectivity index (χ0v) is 16.4. The molecule has 1 aliphatic rings. The number of aromatic carboxylic acids is 1. The first-order valence-corrected chi connectivity index (χ1v) is 10.2. The fourth-order valence-electron chi connectivity index (χ4n) is 4.03. The Hall–Kier alpha value is -3.21. The Morgan fingerprint density at radius 3 is 2.48 bits per heavy atom. The number of carboxylic acids is 1. The zero-order chi connectivity index (χ0) is 20.1. The predicted molar refractivity (Wildman–Crippen MR) is 114 cm³/mol. The highest BCUT2D eigenvalue weighted by molar-refractivity contribution is 5.94. The predicted octanol–water partition coefficient (Wildman–Crippen LogP) is 4.83. The fraction of sp³-hybridized carbons (Fsp3) is 0.292. The van der Waals surface area contributed by atoms with Crippen molar-refractivity contribution in [2.24, 2.45) is 0 Å². The minimum absolute atomic E-state index is 0.137. The normalized spacial score (nSPS) is 16.6. The van der Waals surface area contributed by atoms with Crippen molar-refractivity contribution in [2.45, 2.75) is 38.1 Å². The summed E-state index contributed by atoms with van der Waals surface area (Å²) in [6.07, 6.45) is 6.92. The lowest BCUT2D eigenvalue weighted by atomic mass is 9.96. The number of anilines is 1. The third-order valence-electron chi connectivity index (χ3n) is 5.55. The molecule has 1 saturated heterocycles. The topological polar surface area (TPSA) is 66.3 Å². The first-order valence-electron chi connectivity index (χ1n) is 10.2. The minimum Gasteiger partial charge on any atom is -0.478 e. The van der Waals surface area contributed by atoms with Crippen molar-refractivity contribution in [1.82, 2.24) is 9.97 Å². The summed E-state index contributed by atoms with van der Waals surface area (Å²) in [6.45, 7) is 0.903. The van der Waals surface area contributed by atoms with Gasteiger partial charge in [0.05, 0.1) is 5.69 Å². The summed E-state index contributed by atoms with van der Waals surface area (Å²) in [7, 11) is 0. The first-order chi connectivity index (χ1) is 14.2. The van der Waals surface area contributed by atoms with Gasteiger partial charge < -0.3 is 10.0 Å². The number of aromatic nitrogens is 2. The second-order valence-electron chi connectivity index (χ2n) is 7.47. The molecule has 3 aromatic rings. The molecule has 5 heteroatoms. The van der Waals surface area contributed by atoms with Gasteiger partial charge in [0.1, 0.15) is 5.56 Å². The Labute approximate surface area is 171 Å². The van der Waals surface area contributed by atoms with E-state index in [9.17, 15) is 9.90 Å². The van der Waals surface area contributed by atoms with E-state index in [1.165, 1.54) is 18.2 Å². The van der Waals surface area contributed by atoms with Gasteiger partial charge in [-0.25, -0.2) is 14.8 Å². The average Bonchev–Trinajstić information content (AvgIpc) is 2.79. The van der Waals surface area contributed by atoms with Crippen LogP contribution in [-0.4, -0.2) is 33.6 Å². The van der Waals surface area contributed by atoms with Crippen LogP contribution in [0.5, 0.6) is 0 Å². The lowest BCUT2D eigenvalue weighted by Gasteiger charge is -2.36. The zero-order valence-electron chi connectivity index (χ0n) is 16.4. The Morgan fingerprint density at radius 2 is 1.76 bits per heavy atom. The molecule has 5 nitrogen and oxygen atoms in total. The van der Waals surface area contributed by atoms with E-state index in [4.69, 9.17) is 4.98 Å². The largest absolute Gasteiger partial charge is 0.478 e. The third kappa shape index (κ3) is 4.45. The molecule has 4 rings (SSSR count). The van der Waals surface area contributed by atoms with Gasteiger partial charge in [-0.05, 0) is 37.7 Å². The molecular formula is C24H25N3O2. The number of carbonyl (C=O) groups is 1. The van der Waals surface area contributed by atoms with Crippen molar-refractivity contribution < 1.29 is 9.90 Å². The molecule has 0 saturated carbocycles. The highest BCUT2D eigenvalue weighted by Crippen LogP contribution is 2.28. The van der Waals surface area contributed by atoms with E-state index in [0.29, 0.717) is 17.7 Å². The van der Waals surface area contributed by atoms with Crippen LogP contribution in [-0.2, 0) is 6.42 Å². The number of carboxylic acid groups (broad SMARTS) is 1. The summed E-state index contributed by atoms with van der Waals surface area (Å²) in [5.41, 5.74) is 2.75. The van der Waals surface area contributed by atoms with Crippen molar-refractivity contribution in [2.75, 3.05) is 11.4 Å². The van der Waals surface area contributed by atoms with E-state index >= 15 is 0 Å². The molecule has 1 N–H and O–H groups in total. The number of rotatable bonds is 6. The lowest BCUT2D eigenvalue weighted by Crippen LogP contribution is -2.41. The van der Waals surface area contributed by atoms with Crippen molar-refractivity contribution in [1.29, 1.82) is 0 Å². The molecule has 0 aliphatic carbocycles. The van der Waals surface area contributed by atoms with Crippen molar-refractivity contribution >= 4 is 11.9 Å². The van der Waals surface area contributed by atoms with Gasteiger partial charge in [0, 0.05) is 24.3 Å². The van der Waals surface area contributed by atoms with Crippen LogP contribution in [0.15, 0.2) is 66.9 Å². The molecule has 0 spiro atoms. The molecule has 0 unspecified atom stereocenters. The van der Waals surface area contributed by atoms with E-state index in [1.54, 1.807) is 0 Å². The molecule has 1 fully saturated rings. The van der Waals surface area contributed by atoms with E-state index in [2.05, 4.69) is 34.1 Å². The minimum atomic E-state index is -1.00. The maximum atomic E-state index is 11.7. The van der Waals surface area contributed by atoms with Gasteiger partial charge in [-0.1, -0.05) is 60.7 Å². The van der Waals surface area contributed by atoms with Crippen molar-refractivity contribution in [3.63, 3.8) is 0 Å². The van der Waals surface area contributed by atoms with Crippen LogP contribution in [0.4, 0.5) is 5.95 Å². The van der Waals surface area contributed by atoms with Crippen LogP contribution in [0.25, 0.3) is 11.3 Å². The van der Waals surface area contributed by atoms with Gasteiger partial charge in [-0.3, -0.25) is 0 Å². The van der Waals surface area contributed by atoms with Gasteiger partial charge >= 0.3 is 5.97 Å². The van der Waals surface area contributed by atoms with Crippen LogP contribution in [0.2, 0.25) is 0 Å². The molecular weight excluding hydrogens is 362 g/mol. The summed E-state index contributed by atoms with van der Waals surface area (Å²) in [5, 5.41) is 9.60. The number of nitrogens with zero attached hydrogens (tertiary/aromatic N) is 3. The second kappa shape index (κ2) is 8.86. The number of hydrogen-bond acceptors (Lipinski definition) is 4. The summed E-state index contributed by atoms with van der Waals surface area (Å²) < 4.78 is 0. The maximum Gasteiger partial charge on any atom is 0.339 e. The number of aryl methyl sites for hydroxylation is 1. The van der Waals surface area contributed by atoms with Crippen LogP contribution in [0, 0.1) is 0 Å². The number of piperidine rings is 1. The molecule has 1 aliphatic heterocycles. The number of hydrogen-bond donors (Lipinski definition) is 1. The summed E-state index contributed by atoms with van der Waals surface area (Å²) >= 11 is 0. The molecule has 2 aromatic carbocycles. The van der Waals surface area contributed by atoms with Crippen LogP contribution < -0.4 is 4.90 Å². The first kappa shape index (κ1) is 19.1. The third-order valence-corrected chi connectivity index (χ3v) is 5.55. The Morgan fingerprint density at radius 1 is 1.03 bits per heavy atom. The summed E-state index contributed by atoms with van der Waals surface area (Å²) in [6, 6.07) is 20.4. The lowest BCUT2D eigenvalue weighted by molar-refractivity contribution is 0.0697. The molecule has 1 atom stereocenters. The smallest absolute Gasteiger partial charge is 0.339 e. The summed E-state index contributed by atoms with van der Waals surface area (Å²) in [5.74, 6) is -0.374. The van der Waals surface area contributed by atoms with Crippen molar-refractivity contribution in [3.05, 3.63) is 78.0 Å². The van der Waals surface area contributed by atoms with E-state index in [1.807, 2.05) is 36.4 Å². The molecule has 148 valence electrons. The molecule has 2 heterocycles. The van der Waals surface area contributed by atoms with E-state index in [0.717, 1.165) is 37.8 Å². The SMILES string of the molecule is O=C(O)c1cnc(N2CCCC[C@H]2CCc2ccccc2)nc1-c1ccccc1. The number of benzene rings is 2. The molecule has 0 amide bonds. The summed E-state index contributed by atoms with van der Waals surface area (Å²) in [4.78, 5) is 23.2. The van der Waals surface area contributed by atoms with Gasteiger partial charge in [0.15, 0.2) is 0 Å². The van der Waals surface area contributed by atoms with Crippen molar-refractivity contribution in [3.8, 4) is 11.3 Å². The maximum absolute atomic E-state index is 11.7. The van der Waals surface area contributed by atoms with Gasteiger partial charge in [-0.2, -0.15) is 0 Å². The monoisotopic (exact) mass is 387 g/mol. The molecule has 0 radical (unpaired) electrons. The van der Waals surface area contributed by atoms with Crippen LogP contribution >= 0.6 is 0 Å². The highest BCUT2D eigenvalue weighted by atomic mass is 16.4. The quantitative estimate of drug-likeness (QED) is 0.656. The van der Waals surface area contributed by atoms with Gasteiger partial charge in [0.2, 0.25) is 5.95 Å². The average molecular weight is 387 g/mol.